The molecule has 1 aliphatic rings. The third kappa shape index (κ3) is 2.25. The quantitative estimate of drug-likeness (QED) is 0.824. The number of nitrogens with zero attached hydrogens (tertiary/aromatic N) is 1. The first kappa shape index (κ1) is 10.9. The zero-order valence-electron chi connectivity index (χ0n) is 9.58. The topological polar surface area (TPSA) is 38.1 Å². The first-order chi connectivity index (χ1) is 8.31. The van der Waals surface area contributed by atoms with Crippen molar-refractivity contribution in [2.75, 3.05) is 17.7 Å². The van der Waals surface area contributed by atoms with Crippen LogP contribution in [0.3, 0.4) is 0 Å². The van der Waals surface area contributed by atoms with E-state index in [0.29, 0.717) is 11.4 Å². The van der Waals surface area contributed by atoms with Gasteiger partial charge >= 0.3 is 0 Å². The molecule has 90 valence electrons. The van der Waals surface area contributed by atoms with Crippen molar-refractivity contribution in [3.8, 4) is 0 Å². The fourth-order valence-corrected chi connectivity index (χ4v) is 2.50. The standard InChI is InChI=1S/C13H15ClN2O/c14-8-7-13(5-6-13)9-15-12-16-10-3-1-2-4-11(10)17-12/h1-4H,5-9H2,(H,15,16). The summed E-state index contributed by atoms with van der Waals surface area (Å²) in [5, 5.41) is 3.29. The molecule has 0 radical (unpaired) electrons. The van der Waals surface area contributed by atoms with Crippen LogP contribution in [-0.4, -0.2) is 17.4 Å². The van der Waals surface area contributed by atoms with E-state index in [9.17, 15) is 0 Å². The SMILES string of the molecule is ClCCC1(CNc2nc3ccccc3o2)CC1. The molecular formula is C13H15ClN2O. The van der Waals surface area contributed by atoms with Crippen molar-refractivity contribution in [2.45, 2.75) is 19.3 Å². The van der Waals surface area contributed by atoms with Crippen LogP contribution in [0.5, 0.6) is 0 Å². The van der Waals surface area contributed by atoms with Gasteiger partial charge in [0.1, 0.15) is 5.52 Å². The van der Waals surface area contributed by atoms with Crippen LogP contribution in [0.4, 0.5) is 6.01 Å². The van der Waals surface area contributed by atoms with Gasteiger partial charge in [-0.2, -0.15) is 4.98 Å². The minimum atomic E-state index is 0.391. The molecule has 1 aromatic heterocycles. The van der Waals surface area contributed by atoms with Crippen molar-refractivity contribution in [2.24, 2.45) is 5.41 Å². The number of alkyl halides is 1. The second-order valence-electron chi connectivity index (χ2n) is 4.78. The van der Waals surface area contributed by atoms with Crippen LogP contribution in [0.2, 0.25) is 0 Å². The Hall–Kier alpha value is -1.22. The number of para-hydroxylation sites is 2. The first-order valence-corrected chi connectivity index (χ1v) is 6.50. The van der Waals surface area contributed by atoms with Crippen molar-refractivity contribution in [1.82, 2.24) is 4.98 Å². The molecule has 1 aromatic carbocycles. The van der Waals surface area contributed by atoms with E-state index in [1.54, 1.807) is 0 Å². The third-order valence-corrected chi connectivity index (χ3v) is 3.68. The molecule has 2 aromatic rings. The smallest absolute Gasteiger partial charge is 0.295 e. The molecular weight excluding hydrogens is 236 g/mol. The molecule has 1 heterocycles. The molecule has 1 N–H and O–H groups in total. The number of rotatable bonds is 5. The van der Waals surface area contributed by atoms with Crippen molar-refractivity contribution >= 4 is 28.7 Å². The molecule has 0 amide bonds. The van der Waals surface area contributed by atoms with E-state index < -0.39 is 0 Å². The summed E-state index contributed by atoms with van der Waals surface area (Å²) in [5.74, 6) is 0.731. The summed E-state index contributed by atoms with van der Waals surface area (Å²) in [6.07, 6.45) is 3.59. The van der Waals surface area contributed by atoms with Crippen molar-refractivity contribution in [1.29, 1.82) is 0 Å². The van der Waals surface area contributed by atoms with E-state index in [4.69, 9.17) is 16.0 Å². The number of hydrogen-bond acceptors (Lipinski definition) is 3. The molecule has 4 heteroatoms. The fraction of sp³-hybridized carbons (Fsp3) is 0.462. The van der Waals surface area contributed by atoms with E-state index in [0.717, 1.165) is 29.9 Å². The average Bonchev–Trinajstić information content (AvgIpc) is 2.98. The van der Waals surface area contributed by atoms with Gasteiger partial charge < -0.3 is 9.73 Å². The lowest BCUT2D eigenvalue weighted by atomic mass is 10.0. The normalized spacial score (nSPS) is 17.2. The predicted molar refractivity (Wildman–Crippen MR) is 69.5 cm³/mol. The van der Waals surface area contributed by atoms with Gasteiger partial charge in [-0.05, 0) is 36.8 Å². The summed E-state index contributed by atoms with van der Waals surface area (Å²) in [6, 6.07) is 8.42. The van der Waals surface area contributed by atoms with Gasteiger partial charge in [0, 0.05) is 12.4 Å². The number of nitrogens with one attached hydrogen (secondary N) is 1. The van der Waals surface area contributed by atoms with Crippen molar-refractivity contribution in [3.63, 3.8) is 0 Å². The lowest BCUT2D eigenvalue weighted by molar-refractivity contribution is 0.510. The maximum absolute atomic E-state index is 5.81. The van der Waals surface area contributed by atoms with Gasteiger partial charge in [-0.15, -0.1) is 11.6 Å². The zero-order chi connectivity index (χ0) is 11.7. The number of oxazole rings is 1. The molecule has 3 nitrogen and oxygen atoms in total. The number of aromatic nitrogens is 1. The maximum Gasteiger partial charge on any atom is 0.295 e. The van der Waals surface area contributed by atoms with Gasteiger partial charge in [0.05, 0.1) is 0 Å². The lowest BCUT2D eigenvalue weighted by Crippen LogP contribution is -2.16. The molecule has 17 heavy (non-hydrogen) atoms. The second kappa shape index (κ2) is 4.22. The Morgan fingerprint density at radius 2 is 2.18 bits per heavy atom. The van der Waals surface area contributed by atoms with Crippen LogP contribution in [0.25, 0.3) is 11.1 Å². The highest BCUT2D eigenvalue weighted by atomic mass is 35.5. The van der Waals surface area contributed by atoms with E-state index in [1.807, 2.05) is 24.3 Å². The Kier molecular flexibility index (Phi) is 2.71. The number of fused-ring (bicyclic) bond motifs is 1. The Morgan fingerprint density at radius 1 is 1.35 bits per heavy atom. The van der Waals surface area contributed by atoms with Gasteiger partial charge in [0.25, 0.3) is 6.01 Å². The number of anilines is 1. The largest absolute Gasteiger partial charge is 0.424 e. The van der Waals surface area contributed by atoms with Gasteiger partial charge in [0.15, 0.2) is 5.58 Å². The van der Waals surface area contributed by atoms with Gasteiger partial charge in [0.2, 0.25) is 0 Å². The molecule has 0 unspecified atom stereocenters. The van der Waals surface area contributed by atoms with E-state index >= 15 is 0 Å². The van der Waals surface area contributed by atoms with Crippen LogP contribution in [-0.2, 0) is 0 Å². The lowest BCUT2D eigenvalue weighted by Gasteiger charge is -2.12. The van der Waals surface area contributed by atoms with Gasteiger partial charge in [-0.25, -0.2) is 0 Å². The van der Waals surface area contributed by atoms with Crippen LogP contribution in [0.1, 0.15) is 19.3 Å². The molecule has 1 fully saturated rings. The molecule has 1 saturated carbocycles. The summed E-state index contributed by atoms with van der Waals surface area (Å²) < 4.78 is 5.61. The Bertz CT molecular complexity index is 486. The summed E-state index contributed by atoms with van der Waals surface area (Å²) in [6.45, 7) is 0.909. The first-order valence-electron chi connectivity index (χ1n) is 5.97. The minimum absolute atomic E-state index is 0.391. The molecule has 0 bridgehead atoms. The third-order valence-electron chi connectivity index (χ3n) is 3.49. The predicted octanol–water partition coefficient (Wildman–Crippen LogP) is 3.65. The number of benzene rings is 1. The highest BCUT2D eigenvalue weighted by Gasteiger charge is 2.41. The Balaban J connectivity index is 1.69. The van der Waals surface area contributed by atoms with Crippen molar-refractivity contribution < 1.29 is 4.42 Å². The zero-order valence-corrected chi connectivity index (χ0v) is 10.3. The number of hydrogen-bond donors (Lipinski definition) is 1. The van der Waals surface area contributed by atoms with Gasteiger partial charge in [-0.3, -0.25) is 0 Å². The van der Waals surface area contributed by atoms with Crippen LogP contribution < -0.4 is 5.32 Å². The summed E-state index contributed by atoms with van der Waals surface area (Å²) in [5.41, 5.74) is 2.12. The Labute approximate surface area is 105 Å². The van der Waals surface area contributed by atoms with E-state index in [1.165, 1.54) is 12.8 Å². The van der Waals surface area contributed by atoms with Crippen LogP contribution in [0, 0.1) is 5.41 Å². The molecule has 1 aliphatic carbocycles. The minimum Gasteiger partial charge on any atom is -0.424 e. The highest BCUT2D eigenvalue weighted by Crippen LogP contribution is 2.48. The summed E-state index contributed by atoms with van der Waals surface area (Å²) >= 11 is 5.81. The summed E-state index contributed by atoms with van der Waals surface area (Å²) in [4.78, 5) is 4.39. The van der Waals surface area contributed by atoms with Crippen LogP contribution in [0.15, 0.2) is 28.7 Å². The maximum atomic E-state index is 5.81. The Morgan fingerprint density at radius 3 is 2.88 bits per heavy atom. The van der Waals surface area contributed by atoms with E-state index in [-0.39, 0.29) is 0 Å². The molecule has 0 aliphatic heterocycles. The number of halogens is 1. The monoisotopic (exact) mass is 250 g/mol. The van der Waals surface area contributed by atoms with Gasteiger partial charge in [-0.1, -0.05) is 12.1 Å². The second-order valence-corrected chi connectivity index (χ2v) is 5.16. The molecule has 0 saturated heterocycles. The highest BCUT2D eigenvalue weighted by molar-refractivity contribution is 6.17. The summed E-state index contributed by atoms with van der Waals surface area (Å²) in [7, 11) is 0. The average molecular weight is 251 g/mol. The van der Waals surface area contributed by atoms with E-state index in [2.05, 4.69) is 10.3 Å². The molecule has 3 rings (SSSR count). The molecule has 0 spiro atoms. The van der Waals surface area contributed by atoms with Crippen molar-refractivity contribution in [3.05, 3.63) is 24.3 Å². The molecule has 0 atom stereocenters. The fourth-order valence-electron chi connectivity index (χ4n) is 2.10. The van der Waals surface area contributed by atoms with Crippen LogP contribution >= 0.6 is 11.6 Å².